The van der Waals surface area contributed by atoms with Crippen LogP contribution in [-0.2, 0) is 0 Å². The minimum absolute atomic E-state index is 0.235. The quantitative estimate of drug-likeness (QED) is 0.350. The molecule has 5 heteroatoms. The van der Waals surface area contributed by atoms with Gasteiger partial charge in [0.15, 0.2) is 0 Å². The van der Waals surface area contributed by atoms with E-state index in [1.165, 1.54) is 6.42 Å². The summed E-state index contributed by atoms with van der Waals surface area (Å²) >= 11 is 0. The van der Waals surface area contributed by atoms with Crippen LogP contribution in [0.25, 0.3) is 0 Å². The SMILES string of the molecule is CCCCCC[C@@H](O)C=C[C@@H](O)[C@H](CC(C)C)NC(=O)c1ccc(OC)cc1. The Bertz CT molecular complexity index is 583. The van der Waals surface area contributed by atoms with E-state index < -0.39 is 18.2 Å². The molecule has 0 aliphatic rings. The molecule has 28 heavy (non-hydrogen) atoms. The largest absolute Gasteiger partial charge is 0.497 e. The van der Waals surface area contributed by atoms with Gasteiger partial charge in [0.1, 0.15) is 5.75 Å². The molecule has 0 unspecified atom stereocenters. The number of nitrogens with one attached hydrogen (secondary N) is 1. The molecular formula is C23H37NO4. The van der Waals surface area contributed by atoms with Gasteiger partial charge in [-0.05, 0) is 43.0 Å². The molecule has 0 aromatic heterocycles. The van der Waals surface area contributed by atoms with E-state index in [1.807, 2.05) is 13.8 Å². The van der Waals surface area contributed by atoms with E-state index in [9.17, 15) is 15.0 Å². The van der Waals surface area contributed by atoms with Gasteiger partial charge in [-0.3, -0.25) is 4.79 Å². The van der Waals surface area contributed by atoms with Crippen molar-refractivity contribution in [1.29, 1.82) is 0 Å². The molecule has 0 aliphatic carbocycles. The zero-order chi connectivity index (χ0) is 20.9. The number of carbonyl (C=O) groups excluding carboxylic acids is 1. The Hall–Kier alpha value is -1.85. The lowest BCUT2D eigenvalue weighted by Gasteiger charge is -2.24. The van der Waals surface area contributed by atoms with Crippen molar-refractivity contribution in [2.45, 2.75) is 77.5 Å². The van der Waals surface area contributed by atoms with Crippen molar-refractivity contribution in [3.05, 3.63) is 42.0 Å². The van der Waals surface area contributed by atoms with Crippen LogP contribution in [0.15, 0.2) is 36.4 Å². The molecule has 0 saturated heterocycles. The number of hydrogen-bond acceptors (Lipinski definition) is 4. The molecule has 0 aliphatic heterocycles. The first-order valence-electron chi connectivity index (χ1n) is 10.4. The van der Waals surface area contributed by atoms with Crippen molar-refractivity contribution in [3.8, 4) is 5.75 Å². The van der Waals surface area contributed by atoms with Crippen molar-refractivity contribution < 1.29 is 19.7 Å². The average Bonchev–Trinajstić information content (AvgIpc) is 2.68. The maximum atomic E-state index is 12.5. The Morgan fingerprint density at radius 3 is 2.36 bits per heavy atom. The van der Waals surface area contributed by atoms with Crippen LogP contribution in [0.1, 0.15) is 69.7 Å². The summed E-state index contributed by atoms with van der Waals surface area (Å²) in [6.07, 6.45) is 7.57. The Morgan fingerprint density at radius 1 is 1.11 bits per heavy atom. The van der Waals surface area contributed by atoms with Gasteiger partial charge in [-0.25, -0.2) is 0 Å². The highest BCUT2D eigenvalue weighted by Crippen LogP contribution is 2.14. The van der Waals surface area contributed by atoms with E-state index in [0.717, 1.165) is 19.3 Å². The molecule has 1 aromatic rings. The smallest absolute Gasteiger partial charge is 0.251 e. The number of unbranched alkanes of at least 4 members (excludes halogenated alkanes) is 3. The molecule has 158 valence electrons. The van der Waals surface area contributed by atoms with Crippen LogP contribution in [0.2, 0.25) is 0 Å². The predicted molar refractivity (Wildman–Crippen MR) is 114 cm³/mol. The average molecular weight is 392 g/mol. The molecule has 5 nitrogen and oxygen atoms in total. The van der Waals surface area contributed by atoms with Crippen molar-refractivity contribution in [2.24, 2.45) is 5.92 Å². The van der Waals surface area contributed by atoms with Crippen LogP contribution in [0.5, 0.6) is 5.75 Å². The van der Waals surface area contributed by atoms with Gasteiger partial charge in [0.25, 0.3) is 5.91 Å². The molecule has 0 fully saturated rings. The number of carbonyl (C=O) groups is 1. The number of benzene rings is 1. The van der Waals surface area contributed by atoms with Crippen molar-refractivity contribution in [3.63, 3.8) is 0 Å². The first kappa shape index (κ1) is 24.2. The highest BCUT2D eigenvalue weighted by atomic mass is 16.5. The lowest BCUT2D eigenvalue weighted by Crippen LogP contribution is -2.43. The van der Waals surface area contributed by atoms with Gasteiger partial charge in [0, 0.05) is 5.56 Å². The van der Waals surface area contributed by atoms with Gasteiger partial charge in [0.05, 0.1) is 25.4 Å². The first-order chi connectivity index (χ1) is 13.4. The molecule has 1 rings (SSSR count). The predicted octanol–water partition coefficient (Wildman–Crippen LogP) is 4.09. The monoisotopic (exact) mass is 391 g/mol. The number of aliphatic hydroxyl groups excluding tert-OH is 2. The fourth-order valence-corrected chi connectivity index (χ4v) is 3.04. The number of aliphatic hydroxyl groups is 2. The van der Waals surface area contributed by atoms with E-state index >= 15 is 0 Å². The Balaban J connectivity index is 2.66. The Morgan fingerprint density at radius 2 is 1.79 bits per heavy atom. The maximum Gasteiger partial charge on any atom is 0.251 e. The second-order valence-electron chi connectivity index (χ2n) is 7.73. The normalized spacial score (nSPS) is 14.8. The van der Waals surface area contributed by atoms with Crippen LogP contribution in [-0.4, -0.2) is 41.5 Å². The highest BCUT2D eigenvalue weighted by molar-refractivity contribution is 5.94. The number of hydrogen-bond donors (Lipinski definition) is 3. The van der Waals surface area contributed by atoms with Gasteiger partial charge in [-0.1, -0.05) is 58.6 Å². The van der Waals surface area contributed by atoms with E-state index in [0.29, 0.717) is 30.1 Å². The van der Waals surface area contributed by atoms with Gasteiger partial charge >= 0.3 is 0 Å². The third kappa shape index (κ3) is 9.38. The molecule has 1 aromatic carbocycles. The third-order valence-corrected chi connectivity index (χ3v) is 4.69. The summed E-state index contributed by atoms with van der Waals surface area (Å²) in [5, 5.41) is 23.6. The standard InChI is InChI=1S/C23H37NO4/c1-5-6-7-8-9-19(25)12-15-22(26)21(16-17(2)3)24-23(27)18-10-13-20(28-4)14-11-18/h10-15,17,19,21-22,25-26H,5-9,16H2,1-4H3,(H,24,27)/t19-,21+,22-/m1/s1. The van der Waals surface area contributed by atoms with Crippen molar-refractivity contribution in [1.82, 2.24) is 5.32 Å². The van der Waals surface area contributed by atoms with Crippen molar-refractivity contribution >= 4 is 5.91 Å². The first-order valence-corrected chi connectivity index (χ1v) is 10.4. The number of amides is 1. The molecule has 3 atom stereocenters. The number of methoxy groups -OCH3 is 1. The molecular weight excluding hydrogens is 354 g/mol. The third-order valence-electron chi connectivity index (χ3n) is 4.69. The van der Waals surface area contributed by atoms with E-state index in [4.69, 9.17) is 4.74 Å². The lowest BCUT2D eigenvalue weighted by molar-refractivity contribution is 0.0867. The summed E-state index contributed by atoms with van der Waals surface area (Å²) in [5.41, 5.74) is 0.515. The van der Waals surface area contributed by atoms with Crippen LogP contribution in [0, 0.1) is 5.92 Å². The van der Waals surface area contributed by atoms with Crippen LogP contribution in [0.3, 0.4) is 0 Å². The molecule has 0 saturated carbocycles. The van der Waals surface area contributed by atoms with Gasteiger partial charge in [0.2, 0.25) is 0 Å². The minimum Gasteiger partial charge on any atom is -0.497 e. The maximum absolute atomic E-state index is 12.5. The second kappa shape index (κ2) is 13.3. The van der Waals surface area contributed by atoms with Gasteiger partial charge in [-0.15, -0.1) is 0 Å². The van der Waals surface area contributed by atoms with Crippen LogP contribution >= 0.6 is 0 Å². The molecule has 3 N–H and O–H groups in total. The van der Waals surface area contributed by atoms with Crippen LogP contribution < -0.4 is 10.1 Å². The highest BCUT2D eigenvalue weighted by Gasteiger charge is 2.21. The summed E-state index contributed by atoms with van der Waals surface area (Å²) in [6, 6.07) is 6.44. The lowest BCUT2D eigenvalue weighted by atomic mass is 9.97. The molecule has 0 spiro atoms. The van der Waals surface area contributed by atoms with Crippen LogP contribution in [0.4, 0.5) is 0 Å². The summed E-state index contributed by atoms with van der Waals surface area (Å²) in [7, 11) is 1.58. The fraction of sp³-hybridized carbons (Fsp3) is 0.609. The van der Waals surface area contributed by atoms with Gasteiger partial charge in [-0.2, -0.15) is 0 Å². The topological polar surface area (TPSA) is 78.8 Å². The van der Waals surface area contributed by atoms with E-state index in [1.54, 1.807) is 43.5 Å². The zero-order valence-corrected chi connectivity index (χ0v) is 17.7. The summed E-state index contributed by atoms with van der Waals surface area (Å²) in [6.45, 7) is 6.25. The van der Waals surface area contributed by atoms with Crippen molar-refractivity contribution in [2.75, 3.05) is 7.11 Å². The van der Waals surface area contributed by atoms with Gasteiger partial charge < -0.3 is 20.3 Å². The minimum atomic E-state index is -0.852. The zero-order valence-electron chi connectivity index (χ0n) is 17.7. The summed E-state index contributed by atoms with van der Waals surface area (Å²) in [4.78, 5) is 12.5. The molecule has 0 radical (unpaired) electrons. The number of rotatable bonds is 13. The van der Waals surface area contributed by atoms with E-state index in [2.05, 4.69) is 12.2 Å². The second-order valence-corrected chi connectivity index (χ2v) is 7.73. The fourth-order valence-electron chi connectivity index (χ4n) is 3.04. The number of ether oxygens (including phenoxy) is 1. The Labute approximate surface area is 169 Å². The molecule has 1 amide bonds. The Kier molecular flexibility index (Phi) is 11.5. The molecule has 0 bridgehead atoms. The molecule has 0 heterocycles. The summed E-state index contributed by atoms with van der Waals surface area (Å²) < 4.78 is 5.11. The van der Waals surface area contributed by atoms with E-state index in [-0.39, 0.29) is 5.91 Å². The summed E-state index contributed by atoms with van der Waals surface area (Å²) in [5.74, 6) is 0.759.